The lowest BCUT2D eigenvalue weighted by Gasteiger charge is -2.10. The predicted octanol–water partition coefficient (Wildman–Crippen LogP) is 2.93. The van der Waals surface area contributed by atoms with Gasteiger partial charge < -0.3 is 14.6 Å². The molecule has 0 radical (unpaired) electrons. The van der Waals surface area contributed by atoms with Gasteiger partial charge in [-0.05, 0) is 37.3 Å². The highest BCUT2D eigenvalue weighted by Gasteiger charge is 2.13. The van der Waals surface area contributed by atoms with E-state index in [4.69, 9.17) is 16.3 Å². The maximum absolute atomic E-state index is 12.2. The Hall–Kier alpha value is -1.94. The molecular weight excluding hydrogens is 276 g/mol. The number of methoxy groups -OCH3 is 1. The summed E-state index contributed by atoms with van der Waals surface area (Å²) in [5.74, 6) is 0.304. The average molecular weight is 293 g/mol. The molecule has 0 saturated heterocycles. The van der Waals surface area contributed by atoms with Crippen molar-refractivity contribution in [2.75, 3.05) is 7.11 Å². The number of hydrogen-bond acceptors (Lipinski definition) is 2. The Labute approximate surface area is 123 Å². The molecule has 0 aliphatic heterocycles. The molecule has 1 aromatic carbocycles. The number of hydrogen-bond donors (Lipinski definition) is 1. The summed E-state index contributed by atoms with van der Waals surface area (Å²) in [5, 5.41) is 3.38. The van der Waals surface area contributed by atoms with Gasteiger partial charge in [0.2, 0.25) is 0 Å². The number of amides is 1. The van der Waals surface area contributed by atoms with Gasteiger partial charge in [0.15, 0.2) is 0 Å². The summed E-state index contributed by atoms with van der Waals surface area (Å²) in [4.78, 5) is 12.2. The smallest absolute Gasteiger partial charge is 0.255 e. The Morgan fingerprint density at radius 2 is 2.10 bits per heavy atom. The molecule has 1 aromatic heterocycles. The van der Waals surface area contributed by atoms with Crippen LogP contribution in [-0.2, 0) is 13.6 Å². The molecule has 2 aromatic rings. The third kappa shape index (κ3) is 2.96. The zero-order valence-corrected chi connectivity index (χ0v) is 12.5. The zero-order chi connectivity index (χ0) is 14.7. The van der Waals surface area contributed by atoms with Gasteiger partial charge in [0.25, 0.3) is 5.91 Å². The third-order valence-electron chi connectivity index (χ3n) is 3.31. The van der Waals surface area contributed by atoms with Crippen LogP contribution in [0, 0.1) is 6.92 Å². The molecule has 0 fully saturated rings. The van der Waals surface area contributed by atoms with Gasteiger partial charge in [0.05, 0.1) is 19.2 Å². The van der Waals surface area contributed by atoms with Gasteiger partial charge in [-0.3, -0.25) is 4.79 Å². The molecule has 20 heavy (non-hydrogen) atoms. The number of ether oxygens (including phenoxy) is 1. The number of carbonyl (C=O) groups excluding carboxylic acids is 1. The van der Waals surface area contributed by atoms with Crippen molar-refractivity contribution < 1.29 is 9.53 Å². The van der Waals surface area contributed by atoms with E-state index < -0.39 is 0 Å². The minimum atomic E-state index is -0.205. The van der Waals surface area contributed by atoms with Crippen LogP contribution in [0.3, 0.4) is 0 Å². The van der Waals surface area contributed by atoms with Gasteiger partial charge in [-0.1, -0.05) is 11.6 Å². The number of aromatic nitrogens is 1. The highest BCUT2D eigenvalue weighted by atomic mass is 35.5. The maximum atomic E-state index is 12.2. The van der Waals surface area contributed by atoms with Crippen LogP contribution < -0.4 is 10.1 Å². The van der Waals surface area contributed by atoms with Crippen LogP contribution in [0.5, 0.6) is 5.75 Å². The van der Waals surface area contributed by atoms with Crippen molar-refractivity contribution in [3.8, 4) is 5.75 Å². The summed E-state index contributed by atoms with van der Waals surface area (Å²) >= 11 is 5.92. The number of halogens is 1. The first-order valence-corrected chi connectivity index (χ1v) is 6.63. The monoisotopic (exact) mass is 292 g/mol. The molecule has 0 spiro atoms. The van der Waals surface area contributed by atoms with Gasteiger partial charge in [0, 0.05) is 23.5 Å². The van der Waals surface area contributed by atoms with Gasteiger partial charge >= 0.3 is 0 Å². The lowest BCUT2D eigenvalue weighted by atomic mass is 10.2. The molecule has 0 atom stereocenters. The van der Waals surface area contributed by atoms with Crippen LogP contribution in [0.1, 0.15) is 21.7 Å². The van der Waals surface area contributed by atoms with Gasteiger partial charge in [-0.25, -0.2) is 0 Å². The lowest BCUT2D eigenvalue weighted by molar-refractivity contribution is 0.0947. The Bertz CT molecular complexity index is 635. The second-order valence-corrected chi connectivity index (χ2v) is 4.99. The molecule has 0 aliphatic carbocycles. The number of carbonyl (C=O) groups is 1. The molecule has 0 aliphatic rings. The molecular formula is C15H17ClN2O2. The lowest BCUT2D eigenvalue weighted by Crippen LogP contribution is -2.24. The van der Waals surface area contributed by atoms with E-state index in [-0.39, 0.29) is 5.91 Å². The molecule has 1 N–H and O–H groups in total. The molecule has 1 heterocycles. The largest absolute Gasteiger partial charge is 0.496 e. The van der Waals surface area contributed by atoms with Crippen molar-refractivity contribution in [3.05, 3.63) is 52.3 Å². The van der Waals surface area contributed by atoms with E-state index in [1.54, 1.807) is 18.2 Å². The fraction of sp³-hybridized carbons (Fsp3) is 0.267. The SMILES string of the molecule is COc1ccc(Cl)cc1C(=O)NCc1ccc(C)n1C. The van der Waals surface area contributed by atoms with Crippen LogP contribution in [0.2, 0.25) is 5.02 Å². The fourth-order valence-electron chi connectivity index (χ4n) is 1.97. The molecule has 1 amide bonds. The van der Waals surface area contributed by atoms with Crippen molar-refractivity contribution in [2.24, 2.45) is 7.05 Å². The standard InChI is InChI=1S/C15H17ClN2O2/c1-10-4-6-12(18(10)2)9-17-15(19)13-8-11(16)5-7-14(13)20-3/h4-8H,9H2,1-3H3,(H,17,19). The Morgan fingerprint density at radius 3 is 2.70 bits per heavy atom. The number of aryl methyl sites for hydroxylation is 1. The first-order valence-electron chi connectivity index (χ1n) is 6.26. The third-order valence-corrected chi connectivity index (χ3v) is 3.55. The Balaban J connectivity index is 2.12. The van der Waals surface area contributed by atoms with E-state index in [0.29, 0.717) is 22.9 Å². The highest BCUT2D eigenvalue weighted by Crippen LogP contribution is 2.22. The molecule has 0 saturated carbocycles. The summed E-state index contributed by atoms with van der Waals surface area (Å²) in [7, 11) is 3.50. The van der Waals surface area contributed by atoms with Crippen molar-refractivity contribution in [1.29, 1.82) is 0 Å². The minimum Gasteiger partial charge on any atom is -0.496 e. The van der Waals surface area contributed by atoms with Crippen LogP contribution in [0.15, 0.2) is 30.3 Å². The number of nitrogens with one attached hydrogen (secondary N) is 1. The van der Waals surface area contributed by atoms with E-state index in [9.17, 15) is 4.79 Å². The predicted molar refractivity (Wildman–Crippen MR) is 79.3 cm³/mol. The first kappa shape index (κ1) is 14.5. The molecule has 0 bridgehead atoms. The van der Waals surface area contributed by atoms with Crippen molar-refractivity contribution in [1.82, 2.24) is 9.88 Å². The van der Waals surface area contributed by atoms with Crippen LogP contribution in [0.25, 0.3) is 0 Å². The van der Waals surface area contributed by atoms with Crippen LogP contribution in [0.4, 0.5) is 0 Å². The summed E-state index contributed by atoms with van der Waals surface area (Å²) in [6.07, 6.45) is 0. The van der Waals surface area contributed by atoms with Crippen molar-refractivity contribution in [3.63, 3.8) is 0 Å². The van der Waals surface area contributed by atoms with Crippen LogP contribution >= 0.6 is 11.6 Å². The van der Waals surface area contributed by atoms with E-state index in [2.05, 4.69) is 5.32 Å². The number of nitrogens with zero attached hydrogens (tertiary/aromatic N) is 1. The summed E-state index contributed by atoms with van der Waals surface area (Å²) in [6.45, 7) is 2.48. The molecule has 106 valence electrons. The van der Waals surface area contributed by atoms with Crippen molar-refractivity contribution >= 4 is 17.5 Å². The quantitative estimate of drug-likeness (QED) is 0.941. The molecule has 0 unspecified atom stereocenters. The minimum absolute atomic E-state index is 0.205. The number of benzene rings is 1. The summed E-state index contributed by atoms with van der Waals surface area (Å²) in [5.41, 5.74) is 2.62. The van der Waals surface area contributed by atoms with Gasteiger partial charge in [0.1, 0.15) is 5.75 Å². The Morgan fingerprint density at radius 1 is 1.35 bits per heavy atom. The first-order chi connectivity index (χ1) is 9.52. The second kappa shape index (κ2) is 6.01. The fourth-order valence-corrected chi connectivity index (χ4v) is 2.14. The molecule has 2 rings (SSSR count). The van der Waals surface area contributed by atoms with E-state index >= 15 is 0 Å². The summed E-state index contributed by atoms with van der Waals surface area (Å²) in [6, 6.07) is 8.99. The molecule has 5 heteroatoms. The number of rotatable bonds is 4. The van der Waals surface area contributed by atoms with E-state index in [1.807, 2.05) is 30.7 Å². The second-order valence-electron chi connectivity index (χ2n) is 4.55. The highest BCUT2D eigenvalue weighted by molar-refractivity contribution is 6.31. The summed E-state index contributed by atoms with van der Waals surface area (Å²) < 4.78 is 7.21. The van der Waals surface area contributed by atoms with Crippen LogP contribution in [-0.4, -0.2) is 17.6 Å². The van der Waals surface area contributed by atoms with Crippen molar-refractivity contribution in [2.45, 2.75) is 13.5 Å². The van der Waals surface area contributed by atoms with Gasteiger partial charge in [-0.2, -0.15) is 0 Å². The molecule has 4 nitrogen and oxygen atoms in total. The zero-order valence-electron chi connectivity index (χ0n) is 11.7. The van der Waals surface area contributed by atoms with Gasteiger partial charge in [-0.15, -0.1) is 0 Å². The average Bonchev–Trinajstić information content (AvgIpc) is 2.76. The Kier molecular flexibility index (Phi) is 4.35. The van der Waals surface area contributed by atoms with E-state index in [1.165, 1.54) is 7.11 Å². The topological polar surface area (TPSA) is 43.3 Å². The normalized spacial score (nSPS) is 10.4. The maximum Gasteiger partial charge on any atom is 0.255 e. The van der Waals surface area contributed by atoms with E-state index in [0.717, 1.165) is 11.4 Å².